The van der Waals surface area contributed by atoms with Crippen LogP contribution in [0.15, 0.2) is 0 Å². The first-order valence-corrected chi connectivity index (χ1v) is 7.61. The third-order valence-corrected chi connectivity index (χ3v) is 3.72. The summed E-state index contributed by atoms with van der Waals surface area (Å²) in [6.45, 7) is 6.11. The first kappa shape index (κ1) is 17.9. The van der Waals surface area contributed by atoms with E-state index in [1.807, 2.05) is 6.92 Å². The number of ether oxygens (including phenoxy) is 1. The van der Waals surface area contributed by atoms with Crippen molar-refractivity contribution in [3.8, 4) is 0 Å². The van der Waals surface area contributed by atoms with Crippen LogP contribution in [0, 0.1) is 12.8 Å². The molecule has 0 aliphatic heterocycles. The van der Waals surface area contributed by atoms with E-state index in [-0.39, 0.29) is 6.61 Å². The summed E-state index contributed by atoms with van der Waals surface area (Å²) >= 11 is 6.13. The van der Waals surface area contributed by atoms with E-state index in [9.17, 15) is 5.11 Å². The van der Waals surface area contributed by atoms with E-state index in [1.165, 1.54) is 0 Å². The van der Waals surface area contributed by atoms with Crippen molar-refractivity contribution in [3.63, 3.8) is 0 Å². The van der Waals surface area contributed by atoms with E-state index in [4.69, 9.17) is 16.3 Å². The number of anilines is 2. The molecule has 1 rings (SSSR count). The molecule has 0 saturated heterocycles. The van der Waals surface area contributed by atoms with Crippen LogP contribution in [0.3, 0.4) is 0 Å². The minimum Gasteiger partial charge on any atom is -0.396 e. The molecule has 0 spiro atoms. The minimum absolute atomic E-state index is 0.214. The fourth-order valence-corrected chi connectivity index (χ4v) is 1.99. The topological polar surface area (TPSA) is 79.3 Å². The molecule has 1 aromatic rings. The maximum Gasteiger partial charge on any atom is 0.226 e. The Labute approximate surface area is 131 Å². The smallest absolute Gasteiger partial charge is 0.226 e. The Balaban J connectivity index is 2.63. The zero-order valence-electron chi connectivity index (χ0n) is 12.9. The van der Waals surface area contributed by atoms with Crippen molar-refractivity contribution < 1.29 is 9.84 Å². The van der Waals surface area contributed by atoms with Crippen LogP contribution in [-0.4, -0.2) is 48.5 Å². The number of halogens is 1. The van der Waals surface area contributed by atoms with Crippen LogP contribution in [0.25, 0.3) is 0 Å². The first-order chi connectivity index (χ1) is 10.1. The number of hydrogen-bond donors (Lipinski definition) is 3. The Kier molecular flexibility index (Phi) is 8.34. The summed E-state index contributed by atoms with van der Waals surface area (Å²) in [7, 11) is 1.64. The number of nitrogens with one attached hydrogen (secondary N) is 2. The molecule has 6 nitrogen and oxygen atoms in total. The average Bonchev–Trinajstić information content (AvgIpc) is 2.48. The molecule has 1 unspecified atom stereocenters. The summed E-state index contributed by atoms with van der Waals surface area (Å²) in [5.74, 6) is 1.52. The predicted molar refractivity (Wildman–Crippen MR) is 86.1 cm³/mol. The standard InChI is InChI=1S/C14H25ClN4O2/c1-4-11(9-20)5-6-16-13-10(2)12(15)18-14(19-13)17-7-8-21-3/h11,20H,4-9H2,1-3H3,(H2,16,17,18,19). The van der Waals surface area contributed by atoms with E-state index in [0.29, 0.717) is 30.2 Å². The molecule has 0 aliphatic rings. The molecule has 120 valence electrons. The highest BCUT2D eigenvalue weighted by Gasteiger charge is 2.10. The molecule has 21 heavy (non-hydrogen) atoms. The molecule has 0 saturated carbocycles. The van der Waals surface area contributed by atoms with Gasteiger partial charge in [-0.3, -0.25) is 0 Å². The minimum atomic E-state index is 0.214. The SMILES string of the molecule is CCC(CO)CCNc1nc(NCCOC)nc(Cl)c1C. The largest absolute Gasteiger partial charge is 0.396 e. The number of rotatable bonds is 10. The molecule has 1 heterocycles. The van der Waals surface area contributed by atoms with Gasteiger partial charge in [-0.2, -0.15) is 4.98 Å². The summed E-state index contributed by atoms with van der Waals surface area (Å²) in [5, 5.41) is 16.0. The third kappa shape index (κ3) is 6.03. The molecule has 0 aliphatic carbocycles. The van der Waals surface area contributed by atoms with Crippen LogP contribution in [-0.2, 0) is 4.74 Å². The van der Waals surface area contributed by atoms with Crippen molar-refractivity contribution in [1.82, 2.24) is 9.97 Å². The number of aliphatic hydroxyl groups excluding tert-OH is 1. The number of aromatic nitrogens is 2. The second kappa shape index (κ2) is 9.76. The van der Waals surface area contributed by atoms with Crippen LogP contribution in [0.5, 0.6) is 0 Å². The summed E-state index contributed by atoms with van der Waals surface area (Å²) in [5.41, 5.74) is 0.825. The lowest BCUT2D eigenvalue weighted by Crippen LogP contribution is -2.15. The van der Waals surface area contributed by atoms with Crippen LogP contribution in [0.1, 0.15) is 25.3 Å². The van der Waals surface area contributed by atoms with Gasteiger partial charge in [-0.15, -0.1) is 0 Å². The molecule has 1 atom stereocenters. The molecular formula is C14H25ClN4O2. The predicted octanol–water partition coefficient (Wildman–Crippen LogP) is 2.32. The highest BCUT2D eigenvalue weighted by atomic mass is 35.5. The van der Waals surface area contributed by atoms with Gasteiger partial charge >= 0.3 is 0 Å². The highest BCUT2D eigenvalue weighted by Crippen LogP contribution is 2.22. The summed E-state index contributed by atoms with van der Waals surface area (Å²) in [4.78, 5) is 8.61. The van der Waals surface area contributed by atoms with E-state index >= 15 is 0 Å². The monoisotopic (exact) mass is 316 g/mol. The number of aliphatic hydroxyl groups is 1. The lowest BCUT2D eigenvalue weighted by molar-refractivity contribution is 0.210. The van der Waals surface area contributed by atoms with Crippen LogP contribution in [0.4, 0.5) is 11.8 Å². The molecule has 0 bridgehead atoms. The van der Waals surface area contributed by atoms with Gasteiger partial charge in [0.2, 0.25) is 5.95 Å². The Morgan fingerprint density at radius 3 is 2.67 bits per heavy atom. The van der Waals surface area contributed by atoms with Gasteiger partial charge in [-0.25, -0.2) is 4.98 Å². The third-order valence-electron chi connectivity index (χ3n) is 3.36. The van der Waals surface area contributed by atoms with Gasteiger partial charge < -0.3 is 20.5 Å². The lowest BCUT2D eigenvalue weighted by Gasteiger charge is -2.15. The fourth-order valence-electron chi connectivity index (χ4n) is 1.82. The number of hydrogen-bond acceptors (Lipinski definition) is 6. The highest BCUT2D eigenvalue weighted by molar-refractivity contribution is 6.30. The number of methoxy groups -OCH3 is 1. The van der Waals surface area contributed by atoms with Crippen molar-refractivity contribution in [3.05, 3.63) is 10.7 Å². The molecular weight excluding hydrogens is 292 g/mol. The zero-order valence-corrected chi connectivity index (χ0v) is 13.7. The second-order valence-electron chi connectivity index (χ2n) is 4.90. The molecule has 0 fully saturated rings. The van der Waals surface area contributed by atoms with E-state index in [1.54, 1.807) is 7.11 Å². The quantitative estimate of drug-likeness (QED) is 0.454. The van der Waals surface area contributed by atoms with Crippen LogP contribution in [0.2, 0.25) is 5.15 Å². The van der Waals surface area contributed by atoms with E-state index in [0.717, 1.165) is 30.8 Å². The van der Waals surface area contributed by atoms with Crippen molar-refractivity contribution in [2.75, 3.05) is 44.0 Å². The number of nitrogens with zero attached hydrogens (tertiary/aromatic N) is 2. The summed E-state index contributed by atoms with van der Waals surface area (Å²) in [6.07, 6.45) is 1.85. The van der Waals surface area contributed by atoms with Gasteiger partial charge in [0.05, 0.1) is 6.61 Å². The van der Waals surface area contributed by atoms with Gasteiger partial charge in [0.15, 0.2) is 0 Å². The van der Waals surface area contributed by atoms with Gasteiger partial charge in [-0.1, -0.05) is 24.9 Å². The Morgan fingerprint density at radius 1 is 1.29 bits per heavy atom. The molecule has 1 aromatic heterocycles. The van der Waals surface area contributed by atoms with Gasteiger partial charge in [0, 0.05) is 32.4 Å². The Hall–Kier alpha value is -1.11. The first-order valence-electron chi connectivity index (χ1n) is 7.24. The summed E-state index contributed by atoms with van der Waals surface area (Å²) < 4.78 is 4.97. The van der Waals surface area contributed by atoms with E-state index in [2.05, 4.69) is 27.5 Å². The molecule has 3 N–H and O–H groups in total. The second-order valence-corrected chi connectivity index (χ2v) is 5.26. The van der Waals surface area contributed by atoms with Gasteiger partial charge in [0.25, 0.3) is 0 Å². The average molecular weight is 317 g/mol. The van der Waals surface area contributed by atoms with Crippen molar-refractivity contribution in [2.45, 2.75) is 26.7 Å². The molecule has 0 amide bonds. The van der Waals surface area contributed by atoms with Gasteiger partial charge in [-0.05, 0) is 19.3 Å². The maximum absolute atomic E-state index is 9.19. The maximum atomic E-state index is 9.19. The zero-order chi connectivity index (χ0) is 15.7. The van der Waals surface area contributed by atoms with Crippen LogP contribution >= 0.6 is 11.6 Å². The molecule has 0 radical (unpaired) electrons. The molecule has 7 heteroatoms. The molecule has 0 aromatic carbocycles. The normalized spacial score (nSPS) is 12.2. The van der Waals surface area contributed by atoms with Crippen molar-refractivity contribution >= 4 is 23.4 Å². The fraction of sp³-hybridized carbons (Fsp3) is 0.714. The van der Waals surface area contributed by atoms with Crippen LogP contribution < -0.4 is 10.6 Å². The van der Waals surface area contributed by atoms with Gasteiger partial charge in [0.1, 0.15) is 11.0 Å². The Morgan fingerprint density at radius 2 is 2.05 bits per heavy atom. The van der Waals surface area contributed by atoms with E-state index < -0.39 is 0 Å². The van der Waals surface area contributed by atoms with Crippen molar-refractivity contribution in [1.29, 1.82) is 0 Å². The van der Waals surface area contributed by atoms with Crippen molar-refractivity contribution in [2.24, 2.45) is 5.92 Å². The lowest BCUT2D eigenvalue weighted by atomic mass is 10.0. The summed E-state index contributed by atoms with van der Waals surface area (Å²) in [6, 6.07) is 0. The Bertz CT molecular complexity index is 428.